The van der Waals surface area contributed by atoms with E-state index in [-0.39, 0.29) is 0 Å². The Balaban J connectivity index is 2.88. The van der Waals surface area contributed by atoms with E-state index in [4.69, 9.17) is 4.74 Å². The molecule has 0 radical (unpaired) electrons. The van der Waals surface area contributed by atoms with Crippen LogP contribution in [0.4, 0.5) is 0 Å². The Morgan fingerprint density at radius 1 is 1.33 bits per heavy atom. The Morgan fingerprint density at radius 3 is 2.67 bits per heavy atom. The fourth-order valence-corrected chi connectivity index (χ4v) is 2.54. The molecule has 0 fully saturated rings. The highest BCUT2D eigenvalue weighted by molar-refractivity contribution is 5.28. The van der Waals surface area contributed by atoms with Gasteiger partial charge in [0.05, 0.1) is 31.6 Å². The molecule has 5 nitrogen and oxygen atoms in total. The molecule has 1 atom stereocenters. The third-order valence-corrected chi connectivity index (χ3v) is 3.70. The lowest BCUT2D eigenvalue weighted by atomic mass is 10.0. The van der Waals surface area contributed by atoms with Crippen molar-refractivity contribution in [2.75, 3.05) is 34.3 Å². The topological polar surface area (TPSA) is 42.3 Å². The van der Waals surface area contributed by atoms with Crippen LogP contribution >= 0.6 is 0 Å². The lowest BCUT2D eigenvalue weighted by molar-refractivity contribution is 0.349. The van der Waals surface area contributed by atoms with E-state index in [1.807, 2.05) is 6.20 Å². The number of nitrogens with one attached hydrogen (secondary N) is 1. The van der Waals surface area contributed by atoms with E-state index >= 15 is 0 Å². The van der Waals surface area contributed by atoms with Crippen LogP contribution in [0.3, 0.4) is 0 Å². The summed E-state index contributed by atoms with van der Waals surface area (Å²) >= 11 is 0. The van der Waals surface area contributed by atoms with E-state index in [2.05, 4.69) is 47.9 Å². The van der Waals surface area contributed by atoms with E-state index in [1.54, 1.807) is 7.11 Å². The monoisotopic (exact) mass is 296 g/mol. The highest BCUT2D eigenvalue weighted by Crippen LogP contribution is 2.28. The number of aromatic nitrogens is 2. The normalized spacial score (nSPS) is 12.9. The van der Waals surface area contributed by atoms with Crippen molar-refractivity contribution in [3.8, 4) is 5.75 Å². The van der Waals surface area contributed by atoms with Crippen molar-refractivity contribution < 1.29 is 4.74 Å². The molecule has 0 aliphatic rings. The minimum atomic E-state index is 0.321. The number of hydrogen-bond acceptors (Lipinski definition) is 4. The zero-order valence-corrected chi connectivity index (χ0v) is 14.4. The summed E-state index contributed by atoms with van der Waals surface area (Å²) in [5, 5.41) is 8.11. The average Bonchev–Trinajstić information content (AvgIpc) is 2.87. The third-order valence-electron chi connectivity index (χ3n) is 3.70. The minimum Gasteiger partial charge on any atom is -0.493 e. The minimum absolute atomic E-state index is 0.321. The first-order chi connectivity index (χ1) is 10.1. The maximum atomic E-state index is 5.53. The molecule has 0 aromatic carbocycles. The zero-order valence-electron chi connectivity index (χ0n) is 14.4. The van der Waals surface area contributed by atoms with Crippen LogP contribution in [0.1, 0.15) is 51.3 Å². The van der Waals surface area contributed by atoms with Crippen molar-refractivity contribution >= 4 is 0 Å². The largest absolute Gasteiger partial charge is 0.493 e. The van der Waals surface area contributed by atoms with Crippen LogP contribution in [0.15, 0.2) is 6.20 Å². The quantitative estimate of drug-likeness (QED) is 0.638. The summed E-state index contributed by atoms with van der Waals surface area (Å²) < 4.78 is 7.62. The molecule has 0 amide bonds. The second kappa shape index (κ2) is 9.79. The van der Waals surface area contributed by atoms with Gasteiger partial charge in [-0.1, -0.05) is 33.1 Å². The number of unbranched alkanes of at least 4 members (excludes halogenated alkanes) is 2. The fourth-order valence-electron chi connectivity index (χ4n) is 2.54. The van der Waals surface area contributed by atoms with Gasteiger partial charge < -0.3 is 15.0 Å². The van der Waals surface area contributed by atoms with Crippen LogP contribution in [0.5, 0.6) is 5.75 Å². The Hall–Kier alpha value is -1.07. The molecule has 0 aliphatic carbocycles. The van der Waals surface area contributed by atoms with Crippen molar-refractivity contribution in [3.63, 3.8) is 0 Å². The zero-order chi connectivity index (χ0) is 15.7. The predicted octanol–water partition coefficient (Wildman–Crippen LogP) is 2.68. The van der Waals surface area contributed by atoms with Crippen LogP contribution in [0, 0.1) is 0 Å². The van der Waals surface area contributed by atoms with E-state index in [0.717, 1.165) is 31.8 Å². The molecule has 122 valence electrons. The number of likely N-dealkylation sites (N-methyl/N-ethyl adjacent to an activating group) is 1. The molecule has 1 aromatic rings. The lowest BCUT2D eigenvalue weighted by Gasteiger charge is -2.21. The average molecular weight is 296 g/mol. The summed E-state index contributed by atoms with van der Waals surface area (Å²) in [7, 11) is 5.90. The highest BCUT2D eigenvalue weighted by atomic mass is 16.5. The molecule has 0 bridgehead atoms. The first kappa shape index (κ1) is 18.0. The Morgan fingerprint density at radius 2 is 2.10 bits per heavy atom. The molecular formula is C16H32N4O. The van der Waals surface area contributed by atoms with Crippen molar-refractivity contribution in [2.24, 2.45) is 0 Å². The molecule has 5 heteroatoms. The molecule has 0 spiro atoms. The molecule has 0 saturated heterocycles. The van der Waals surface area contributed by atoms with Gasteiger partial charge in [-0.15, -0.1) is 0 Å². The van der Waals surface area contributed by atoms with E-state index < -0.39 is 0 Å². The SMILES string of the molecule is CCCCCC(NCC)c1c(OC)cnn1CCN(C)C. The van der Waals surface area contributed by atoms with Crippen LogP contribution < -0.4 is 10.1 Å². The summed E-state index contributed by atoms with van der Waals surface area (Å²) in [5.74, 6) is 0.899. The van der Waals surface area contributed by atoms with Gasteiger partial charge in [0.15, 0.2) is 5.75 Å². The Labute approximate surface area is 129 Å². The van der Waals surface area contributed by atoms with Gasteiger partial charge in [-0.2, -0.15) is 5.10 Å². The standard InChI is InChI=1S/C16H32N4O/c1-6-8-9-10-14(17-7-2)16-15(21-5)13-18-20(16)12-11-19(3)4/h13-14,17H,6-12H2,1-5H3. The summed E-state index contributed by atoms with van der Waals surface area (Å²) in [6.45, 7) is 7.22. The summed E-state index contributed by atoms with van der Waals surface area (Å²) in [4.78, 5) is 2.18. The van der Waals surface area contributed by atoms with Crippen LogP contribution in [0.25, 0.3) is 0 Å². The number of rotatable bonds is 11. The first-order valence-electron chi connectivity index (χ1n) is 8.11. The number of methoxy groups -OCH3 is 1. The number of hydrogen-bond donors (Lipinski definition) is 1. The van der Waals surface area contributed by atoms with Gasteiger partial charge in [-0.25, -0.2) is 0 Å². The van der Waals surface area contributed by atoms with Crippen LogP contribution in [-0.4, -0.2) is 49.0 Å². The van der Waals surface area contributed by atoms with Gasteiger partial charge in [-0.05, 0) is 27.1 Å². The van der Waals surface area contributed by atoms with Crippen molar-refractivity contribution in [1.82, 2.24) is 20.0 Å². The number of nitrogens with zero attached hydrogens (tertiary/aromatic N) is 3. The Kier molecular flexibility index (Phi) is 8.38. The highest BCUT2D eigenvalue weighted by Gasteiger charge is 2.21. The maximum Gasteiger partial charge on any atom is 0.161 e. The molecule has 0 saturated carbocycles. The van der Waals surface area contributed by atoms with Crippen molar-refractivity contribution in [1.29, 1.82) is 0 Å². The van der Waals surface area contributed by atoms with Gasteiger partial charge in [0.1, 0.15) is 0 Å². The molecular weight excluding hydrogens is 264 g/mol. The first-order valence-corrected chi connectivity index (χ1v) is 8.11. The molecule has 1 unspecified atom stereocenters. The summed E-state index contributed by atoms with van der Waals surface area (Å²) in [5.41, 5.74) is 1.19. The molecule has 21 heavy (non-hydrogen) atoms. The van der Waals surface area contributed by atoms with Gasteiger partial charge in [-0.3, -0.25) is 4.68 Å². The maximum absolute atomic E-state index is 5.53. The van der Waals surface area contributed by atoms with Crippen molar-refractivity contribution in [2.45, 2.75) is 52.1 Å². The smallest absolute Gasteiger partial charge is 0.161 e. The van der Waals surface area contributed by atoms with E-state index in [0.29, 0.717) is 6.04 Å². The Bertz CT molecular complexity index is 390. The predicted molar refractivity (Wildman–Crippen MR) is 87.9 cm³/mol. The summed E-state index contributed by atoms with van der Waals surface area (Å²) in [6.07, 6.45) is 6.73. The van der Waals surface area contributed by atoms with Crippen LogP contribution in [0.2, 0.25) is 0 Å². The van der Waals surface area contributed by atoms with Gasteiger partial charge >= 0.3 is 0 Å². The second-order valence-corrected chi connectivity index (χ2v) is 5.73. The molecule has 0 aliphatic heterocycles. The van der Waals surface area contributed by atoms with E-state index in [1.165, 1.54) is 25.0 Å². The molecule has 1 heterocycles. The van der Waals surface area contributed by atoms with E-state index in [9.17, 15) is 0 Å². The third kappa shape index (κ3) is 5.67. The van der Waals surface area contributed by atoms with Crippen molar-refractivity contribution in [3.05, 3.63) is 11.9 Å². The number of ether oxygens (including phenoxy) is 1. The van der Waals surface area contributed by atoms with Gasteiger partial charge in [0.2, 0.25) is 0 Å². The molecule has 1 rings (SSSR count). The lowest BCUT2D eigenvalue weighted by Crippen LogP contribution is -2.27. The van der Waals surface area contributed by atoms with Gasteiger partial charge in [0.25, 0.3) is 0 Å². The second-order valence-electron chi connectivity index (χ2n) is 5.73. The van der Waals surface area contributed by atoms with Crippen LogP contribution in [-0.2, 0) is 6.54 Å². The molecule has 1 aromatic heterocycles. The van der Waals surface area contributed by atoms with Gasteiger partial charge in [0, 0.05) is 6.54 Å². The molecule has 1 N–H and O–H groups in total. The fraction of sp³-hybridized carbons (Fsp3) is 0.812. The summed E-state index contributed by atoms with van der Waals surface area (Å²) in [6, 6.07) is 0.321.